The maximum absolute atomic E-state index is 12.5. The van der Waals surface area contributed by atoms with E-state index in [0.717, 1.165) is 23.3 Å². The molecule has 1 amide bonds. The van der Waals surface area contributed by atoms with Crippen LogP contribution in [0.3, 0.4) is 0 Å². The van der Waals surface area contributed by atoms with Crippen molar-refractivity contribution in [1.29, 1.82) is 0 Å². The first-order valence-electron chi connectivity index (χ1n) is 8.76. The number of ether oxygens (including phenoxy) is 1. The molecule has 30 heavy (non-hydrogen) atoms. The standard InChI is InChI=1S/C20H17N3O6S/c1-12-3-5-16(6-4-12)29-10-14-7-19(30-11-14)20(24)21-15-8-17(22(25)26)13(2)18(9-15)23(27)28/h3-9,11H,10H2,1-2H3,(H,21,24). The average Bonchev–Trinajstić information content (AvgIpc) is 3.17. The molecule has 1 N–H and O–H groups in total. The van der Waals surface area contributed by atoms with Crippen molar-refractivity contribution in [3.05, 3.63) is 89.6 Å². The number of carbonyl (C=O) groups is 1. The van der Waals surface area contributed by atoms with Crippen molar-refractivity contribution in [2.45, 2.75) is 20.5 Å². The topological polar surface area (TPSA) is 125 Å². The molecule has 1 heterocycles. The number of hydrogen-bond acceptors (Lipinski definition) is 7. The Hall–Kier alpha value is -3.79. The predicted molar refractivity (Wildman–Crippen MR) is 112 cm³/mol. The molecular formula is C20H17N3O6S. The van der Waals surface area contributed by atoms with Gasteiger partial charge in [0.2, 0.25) is 0 Å². The Kier molecular flexibility index (Phi) is 6.07. The van der Waals surface area contributed by atoms with Gasteiger partial charge in [0.05, 0.1) is 20.4 Å². The number of aryl methyl sites for hydroxylation is 1. The van der Waals surface area contributed by atoms with Gasteiger partial charge in [0.25, 0.3) is 17.3 Å². The molecule has 0 unspecified atom stereocenters. The van der Waals surface area contributed by atoms with Crippen molar-refractivity contribution in [3.63, 3.8) is 0 Å². The number of nitro benzene ring substituents is 2. The normalized spacial score (nSPS) is 10.5. The first kappa shape index (κ1) is 20.9. The van der Waals surface area contributed by atoms with E-state index in [2.05, 4.69) is 5.32 Å². The van der Waals surface area contributed by atoms with Gasteiger partial charge in [-0.3, -0.25) is 25.0 Å². The molecule has 0 fully saturated rings. The summed E-state index contributed by atoms with van der Waals surface area (Å²) in [5, 5.41) is 26.6. The highest BCUT2D eigenvalue weighted by atomic mass is 32.1. The van der Waals surface area contributed by atoms with Crippen LogP contribution in [0, 0.1) is 34.1 Å². The molecule has 0 aliphatic heterocycles. The van der Waals surface area contributed by atoms with E-state index in [0.29, 0.717) is 10.6 Å². The van der Waals surface area contributed by atoms with Gasteiger partial charge in [-0.25, -0.2) is 0 Å². The highest BCUT2D eigenvalue weighted by molar-refractivity contribution is 7.12. The largest absolute Gasteiger partial charge is 0.489 e. The number of nitrogens with one attached hydrogen (secondary N) is 1. The Morgan fingerprint density at radius 3 is 2.20 bits per heavy atom. The lowest BCUT2D eigenvalue weighted by molar-refractivity contribution is -0.395. The van der Waals surface area contributed by atoms with Gasteiger partial charge in [0.1, 0.15) is 17.9 Å². The van der Waals surface area contributed by atoms with Crippen LogP contribution in [-0.4, -0.2) is 15.8 Å². The minimum Gasteiger partial charge on any atom is -0.489 e. The molecule has 0 aliphatic rings. The zero-order valence-electron chi connectivity index (χ0n) is 16.1. The SMILES string of the molecule is Cc1ccc(OCc2csc(C(=O)Nc3cc([N+](=O)[O-])c(C)c([N+](=O)[O-])c3)c2)cc1. The lowest BCUT2D eigenvalue weighted by Gasteiger charge is -2.06. The zero-order chi connectivity index (χ0) is 21.8. The summed E-state index contributed by atoms with van der Waals surface area (Å²) in [7, 11) is 0. The van der Waals surface area contributed by atoms with Crippen molar-refractivity contribution in [3.8, 4) is 5.75 Å². The fourth-order valence-electron chi connectivity index (χ4n) is 2.70. The van der Waals surface area contributed by atoms with Crippen molar-refractivity contribution in [2.75, 3.05) is 5.32 Å². The monoisotopic (exact) mass is 427 g/mol. The van der Waals surface area contributed by atoms with Crippen LogP contribution >= 0.6 is 11.3 Å². The van der Waals surface area contributed by atoms with Gasteiger partial charge in [-0.15, -0.1) is 11.3 Å². The molecule has 3 aromatic rings. The Morgan fingerprint density at radius 2 is 1.63 bits per heavy atom. The number of anilines is 1. The van der Waals surface area contributed by atoms with E-state index in [-0.39, 0.29) is 17.9 Å². The maximum atomic E-state index is 12.5. The third-order valence-electron chi connectivity index (χ3n) is 4.31. The lowest BCUT2D eigenvalue weighted by Crippen LogP contribution is -2.11. The Bertz CT molecular complexity index is 1090. The summed E-state index contributed by atoms with van der Waals surface area (Å²) in [6.07, 6.45) is 0. The lowest BCUT2D eigenvalue weighted by atomic mass is 10.1. The first-order valence-corrected chi connectivity index (χ1v) is 9.64. The second-order valence-electron chi connectivity index (χ2n) is 6.53. The summed E-state index contributed by atoms with van der Waals surface area (Å²) in [6.45, 7) is 3.54. The quantitative estimate of drug-likeness (QED) is 0.417. The van der Waals surface area contributed by atoms with Gasteiger partial charge in [-0.05, 0) is 37.4 Å². The van der Waals surface area contributed by atoms with Crippen LogP contribution in [0.5, 0.6) is 5.75 Å². The Balaban J connectivity index is 1.73. The molecule has 0 radical (unpaired) electrons. The molecule has 1 aromatic heterocycles. The third kappa shape index (κ3) is 4.78. The summed E-state index contributed by atoms with van der Waals surface area (Å²) in [5.74, 6) is 0.186. The molecule has 0 saturated heterocycles. The molecular weight excluding hydrogens is 410 g/mol. The number of rotatable bonds is 7. The van der Waals surface area contributed by atoms with Crippen molar-refractivity contribution in [1.82, 2.24) is 0 Å². The Morgan fingerprint density at radius 1 is 1.03 bits per heavy atom. The van der Waals surface area contributed by atoms with Crippen molar-refractivity contribution >= 4 is 34.3 Å². The molecule has 3 rings (SSSR count). The zero-order valence-corrected chi connectivity index (χ0v) is 16.9. The van der Waals surface area contributed by atoms with Gasteiger partial charge in [0.15, 0.2) is 0 Å². The molecule has 0 aliphatic carbocycles. The van der Waals surface area contributed by atoms with Crippen LogP contribution in [0.1, 0.15) is 26.4 Å². The van der Waals surface area contributed by atoms with Gasteiger partial charge < -0.3 is 10.1 Å². The van der Waals surface area contributed by atoms with Gasteiger partial charge >= 0.3 is 0 Å². The van der Waals surface area contributed by atoms with E-state index in [4.69, 9.17) is 4.74 Å². The summed E-state index contributed by atoms with van der Waals surface area (Å²) in [4.78, 5) is 33.8. The van der Waals surface area contributed by atoms with Gasteiger partial charge in [-0.2, -0.15) is 0 Å². The van der Waals surface area contributed by atoms with Crippen LogP contribution in [0.4, 0.5) is 17.1 Å². The fourth-order valence-corrected chi connectivity index (χ4v) is 3.49. The maximum Gasteiger partial charge on any atom is 0.281 e. The number of thiophene rings is 1. The van der Waals surface area contributed by atoms with E-state index >= 15 is 0 Å². The average molecular weight is 427 g/mol. The minimum atomic E-state index is -0.719. The smallest absolute Gasteiger partial charge is 0.281 e. The highest BCUT2D eigenvalue weighted by Crippen LogP contribution is 2.32. The first-order chi connectivity index (χ1) is 14.2. The minimum absolute atomic E-state index is 0.0187. The van der Waals surface area contributed by atoms with E-state index in [9.17, 15) is 25.0 Å². The van der Waals surface area contributed by atoms with Crippen molar-refractivity contribution in [2.24, 2.45) is 0 Å². The number of carbonyl (C=O) groups excluding carboxylic acids is 1. The number of amides is 1. The molecule has 0 spiro atoms. The third-order valence-corrected chi connectivity index (χ3v) is 5.29. The summed E-state index contributed by atoms with van der Waals surface area (Å²) in [5.41, 5.74) is 0.945. The molecule has 154 valence electrons. The molecule has 2 aromatic carbocycles. The van der Waals surface area contributed by atoms with E-state index in [1.54, 1.807) is 11.4 Å². The predicted octanol–water partition coefficient (Wildman–Crippen LogP) is 5.01. The van der Waals surface area contributed by atoms with Gasteiger partial charge in [0, 0.05) is 17.7 Å². The molecule has 0 saturated carbocycles. The second kappa shape index (κ2) is 8.70. The summed E-state index contributed by atoms with van der Waals surface area (Å²) in [6, 6.07) is 11.4. The number of nitrogens with zero attached hydrogens (tertiary/aromatic N) is 2. The number of nitro groups is 2. The van der Waals surface area contributed by atoms with Crippen LogP contribution in [0.15, 0.2) is 47.8 Å². The highest BCUT2D eigenvalue weighted by Gasteiger charge is 2.24. The molecule has 0 atom stereocenters. The summed E-state index contributed by atoms with van der Waals surface area (Å²) < 4.78 is 5.68. The molecule has 0 bridgehead atoms. The second-order valence-corrected chi connectivity index (χ2v) is 7.44. The van der Waals surface area contributed by atoms with Crippen molar-refractivity contribution < 1.29 is 19.4 Å². The Labute approximate surface area is 175 Å². The molecule has 10 heteroatoms. The number of hydrogen-bond donors (Lipinski definition) is 1. The van der Waals surface area contributed by atoms with Crippen LogP contribution < -0.4 is 10.1 Å². The fraction of sp³-hybridized carbons (Fsp3) is 0.150. The van der Waals surface area contributed by atoms with Crippen LogP contribution in [0.2, 0.25) is 0 Å². The van der Waals surface area contributed by atoms with E-state index in [1.165, 1.54) is 18.3 Å². The summed E-state index contributed by atoms with van der Waals surface area (Å²) >= 11 is 1.18. The van der Waals surface area contributed by atoms with E-state index < -0.39 is 27.1 Å². The van der Waals surface area contributed by atoms with Crippen LogP contribution in [-0.2, 0) is 6.61 Å². The van der Waals surface area contributed by atoms with Gasteiger partial charge in [-0.1, -0.05) is 17.7 Å². The molecule has 9 nitrogen and oxygen atoms in total. The number of benzene rings is 2. The van der Waals surface area contributed by atoms with Crippen LogP contribution in [0.25, 0.3) is 0 Å². The van der Waals surface area contributed by atoms with E-state index in [1.807, 2.05) is 31.2 Å².